The van der Waals surface area contributed by atoms with E-state index in [0.29, 0.717) is 0 Å². The van der Waals surface area contributed by atoms with E-state index in [-0.39, 0.29) is 0 Å². The third kappa shape index (κ3) is 1.32. The van der Waals surface area contributed by atoms with Crippen LogP contribution in [0.2, 0.25) is 0 Å². The quantitative estimate of drug-likeness (QED) is 0.380. The summed E-state index contributed by atoms with van der Waals surface area (Å²) in [6, 6.07) is 0. The minimum absolute atomic E-state index is 1.17. The van der Waals surface area contributed by atoms with Gasteiger partial charge < -0.3 is 25.2 Å². The summed E-state index contributed by atoms with van der Waals surface area (Å²) >= 11 is 0. The van der Waals surface area contributed by atoms with E-state index >= 15 is 0 Å². The summed E-state index contributed by atoms with van der Waals surface area (Å²) in [5.74, 6) is -3.21. The molecule has 0 aromatic rings. The van der Waals surface area contributed by atoms with Gasteiger partial charge in [-0.2, -0.15) is 0 Å². The van der Waals surface area contributed by atoms with Crippen LogP contribution >= 0.6 is 0 Å². The second-order valence-electron chi connectivity index (χ2n) is 2.87. The molecule has 4 N–H and O–H groups in total. The Morgan fingerprint density at radius 1 is 1.50 bits per heavy atom. The van der Waals surface area contributed by atoms with Gasteiger partial charge in [0, 0.05) is 0 Å². The van der Waals surface area contributed by atoms with Gasteiger partial charge in [0.25, 0.3) is 5.85 Å². The number of halogens is 1. The van der Waals surface area contributed by atoms with Crippen LogP contribution in [0.3, 0.4) is 0 Å². The lowest BCUT2D eigenvalue weighted by Gasteiger charge is -2.19. The lowest BCUT2D eigenvalue weighted by atomic mass is 10.1. The lowest BCUT2D eigenvalue weighted by molar-refractivity contribution is -0.239. The van der Waals surface area contributed by atoms with Gasteiger partial charge in [-0.25, -0.2) is 4.39 Å². The number of hydrogen-bond donors (Lipinski definition) is 4. The molecule has 0 amide bonds. The van der Waals surface area contributed by atoms with E-state index in [1.807, 2.05) is 0 Å². The Bertz CT molecular complexity index is 171. The van der Waals surface area contributed by atoms with Crippen LogP contribution in [0.25, 0.3) is 0 Å². The van der Waals surface area contributed by atoms with Gasteiger partial charge in [0.05, 0.1) is 6.10 Å². The van der Waals surface area contributed by atoms with Crippen LogP contribution in [0.1, 0.15) is 6.92 Å². The lowest BCUT2D eigenvalue weighted by Crippen LogP contribution is -2.45. The predicted molar refractivity (Wildman–Crippen MR) is 34.6 cm³/mol. The first-order valence-corrected chi connectivity index (χ1v) is 3.48. The number of alkyl halides is 1. The molecule has 1 aliphatic rings. The molecule has 1 aliphatic heterocycles. The summed E-state index contributed by atoms with van der Waals surface area (Å²) < 4.78 is 17.2. The molecule has 0 bridgehead atoms. The highest BCUT2D eigenvalue weighted by atomic mass is 19.2. The van der Waals surface area contributed by atoms with Gasteiger partial charge >= 0.3 is 0 Å². The van der Waals surface area contributed by atoms with Crippen LogP contribution in [0, 0.1) is 0 Å². The van der Waals surface area contributed by atoms with Crippen LogP contribution in [0.15, 0.2) is 0 Å². The molecule has 1 saturated heterocycles. The van der Waals surface area contributed by atoms with Gasteiger partial charge in [-0.3, -0.25) is 0 Å². The maximum absolute atomic E-state index is 12.8. The fraction of sp³-hybridized carbons (Fsp3) is 1.00. The van der Waals surface area contributed by atoms with E-state index in [4.69, 9.17) is 20.4 Å². The fourth-order valence-electron chi connectivity index (χ4n) is 1.07. The van der Waals surface area contributed by atoms with Crippen molar-refractivity contribution in [2.45, 2.75) is 37.4 Å². The van der Waals surface area contributed by atoms with Gasteiger partial charge in [-0.15, -0.1) is 0 Å². The number of hydrogen-bond acceptors (Lipinski definition) is 5. The monoisotopic (exact) mass is 182 g/mol. The van der Waals surface area contributed by atoms with Crippen molar-refractivity contribution >= 4 is 0 Å². The Labute approximate surface area is 68.0 Å². The highest BCUT2D eigenvalue weighted by Crippen LogP contribution is 2.32. The molecule has 0 aromatic carbocycles. The maximum atomic E-state index is 12.8. The molecule has 5 atom stereocenters. The molecule has 12 heavy (non-hydrogen) atoms. The van der Waals surface area contributed by atoms with Crippen LogP contribution in [-0.4, -0.2) is 50.9 Å². The van der Waals surface area contributed by atoms with Gasteiger partial charge in [0.2, 0.25) is 6.29 Å². The Kier molecular flexibility index (Phi) is 2.37. The van der Waals surface area contributed by atoms with E-state index in [1.165, 1.54) is 6.92 Å². The van der Waals surface area contributed by atoms with Crippen LogP contribution < -0.4 is 0 Å². The smallest absolute Gasteiger partial charge is 0.286 e. The number of aliphatic hydroxyl groups excluding tert-OH is 3. The third-order valence-corrected chi connectivity index (χ3v) is 1.83. The van der Waals surface area contributed by atoms with Crippen molar-refractivity contribution in [3.05, 3.63) is 0 Å². The summed E-state index contributed by atoms with van der Waals surface area (Å²) in [7, 11) is 0. The van der Waals surface area contributed by atoms with Crippen molar-refractivity contribution in [3.63, 3.8) is 0 Å². The molecule has 0 aromatic heterocycles. The molecule has 0 radical (unpaired) electrons. The van der Waals surface area contributed by atoms with Crippen molar-refractivity contribution in [3.8, 4) is 0 Å². The van der Waals surface area contributed by atoms with Crippen LogP contribution in [-0.2, 0) is 4.74 Å². The van der Waals surface area contributed by atoms with E-state index < -0.39 is 30.5 Å². The first-order valence-electron chi connectivity index (χ1n) is 3.48. The second-order valence-corrected chi connectivity index (χ2v) is 2.87. The summed E-state index contributed by atoms with van der Waals surface area (Å²) in [6.45, 7) is 1.25. The SMILES string of the molecule is CC(O)[C@@H]1O[C@H](O)[C@@](O)(F)[C@H]1O. The molecule has 1 heterocycles. The fourth-order valence-corrected chi connectivity index (χ4v) is 1.07. The van der Waals surface area contributed by atoms with Gasteiger partial charge in [-0.1, -0.05) is 0 Å². The Balaban J connectivity index is 2.76. The van der Waals surface area contributed by atoms with Crippen molar-refractivity contribution in [1.82, 2.24) is 0 Å². The zero-order valence-electron chi connectivity index (χ0n) is 6.38. The maximum Gasteiger partial charge on any atom is 0.286 e. The van der Waals surface area contributed by atoms with E-state index in [0.717, 1.165) is 0 Å². The number of ether oxygens (including phenoxy) is 1. The highest BCUT2D eigenvalue weighted by Gasteiger charge is 2.57. The molecular weight excluding hydrogens is 171 g/mol. The number of rotatable bonds is 1. The van der Waals surface area contributed by atoms with E-state index in [9.17, 15) is 4.39 Å². The molecular formula is C6H11FO5. The predicted octanol–water partition coefficient (Wildman–Crippen LogP) is -1.90. The van der Waals surface area contributed by atoms with Gasteiger partial charge in [-0.05, 0) is 6.92 Å². The Morgan fingerprint density at radius 3 is 2.17 bits per heavy atom. The summed E-state index contributed by atoms with van der Waals surface area (Å²) in [5, 5.41) is 35.4. The number of aliphatic hydroxyl groups is 4. The summed E-state index contributed by atoms with van der Waals surface area (Å²) in [4.78, 5) is 0. The first kappa shape index (κ1) is 9.82. The normalized spacial score (nSPS) is 51.0. The van der Waals surface area contributed by atoms with Crippen LogP contribution in [0.4, 0.5) is 4.39 Å². The minimum atomic E-state index is -3.21. The topological polar surface area (TPSA) is 90.2 Å². The largest absolute Gasteiger partial charge is 0.391 e. The molecule has 72 valence electrons. The average molecular weight is 182 g/mol. The molecule has 1 fully saturated rings. The first-order chi connectivity index (χ1) is 5.37. The summed E-state index contributed by atoms with van der Waals surface area (Å²) in [5.41, 5.74) is 0. The van der Waals surface area contributed by atoms with Gasteiger partial charge in [0.15, 0.2) is 0 Å². The molecule has 0 aliphatic carbocycles. The molecule has 1 unspecified atom stereocenters. The standard InChI is InChI=1S/C6H11FO5/c1-2(8)3-4(9)6(7,11)5(10)12-3/h2-5,8-11H,1H3/t2?,3-,4-,5-,6+/m0/s1. The van der Waals surface area contributed by atoms with Crippen molar-refractivity contribution in [1.29, 1.82) is 0 Å². The zero-order valence-corrected chi connectivity index (χ0v) is 6.38. The molecule has 0 saturated carbocycles. The molecule has 6 heteroatoms. The average Bonchev–Trinajstić information content (AvgIpc) is 2.13. The van der Waals surface area contributed by atoms with Crippen molar-refractivity contribution in [2.75, 3.05) is 0 Å². The Hall–Kier alpha value is -0.270. The molecule has 5 nitrogen and oxygen atoms in total. The minimum Gasteiger partial charge on any atom is -0.391 e. The van der Waals surface area contributed by atoms with Gasteiger partial charge in [0.1, 0.15) is 12.2 Å². The third-order valence-electron chi connectivity index (χ3n) is 1.83. The van der Waals surface area contributed by atoms with Crippen LogP contribution in [0.5, 0.6) is 0 Å². The van der Waals surface area contributed by atoms with Crippen molar-refractivity contribution < 1.29 is 29.6 Å². The van der Waals surface area contributed by atoms with Crippen molar-refractivity contribution in [2.24, 2.45) is 0 Å². The Morgan fingerprint density at radius 2 is 2.00 bits per heavy atom. The zero-order chi connectivity index (χ0) is 9.52. The molecule has 1 rings (SSSR count). The summed E-state index contributed by atoms with van der Waals surface area (Å²) in [6.07, 6.45) is -6.53. The highest BCUT2D eigenvalue weighted by molar-refractivity contribution is 4.94. The van der Waals surface area contributed by atoms with E-state index in [2.05, 4.69) is 4.74 Å². The van der Waals surface area contributed by atoms with E-state index in [1.54, 1.807) is 0 Å². The second kappa shape index (κ2) is 2.90. The molecule has 0 spiro atoms.